The first kappa shape index (κ1) is 17.2. The molecule has 2 saturated heterocycles. The highest BCUT2D eigenvalue weighted by molar-refractivity contribution is 5.68. The number of nitrogens with one attached hydrogen (secondary N) is 1. The SMILES string of the molecule is CC12CCC(CC(C3c4ccccc4Oc4cc(-c5ccncc5)ccc43)C1)N2. The van der Waals surface area contributed by atoms with Crippen molar-refractivity contribution in [1.82, 2.24) is 10.3 Å². The second kappa shape index (κ2) is 6.43. The van der Waals surface area contributed by atoms with Crippen molar-refractivity contribution in [3.8, 4) is 22.6 Å². The van der Waals surface area contributed by atoms with Gasteiger partial charge in [-0.2, -0.15) is 0 Å². The van der Waals surface area contributed by atoms with Crippen LogP contribution in [0.15, 0.2) is 67.0 Å². The van der Waals surface area contributed by atoms with E-state index in [4.69, 9.17) is 4.74 Å². The molecule has 3 aliphatic rings. The molecule has 1 aromatic heterocycles. The molecule has 3 aromatic rings. The Balaban J connectivity index is 1.45. The Morgan fingerprint density at radius 1 is 0.966 bits per heavy atom. The van der Waals surface area contributed by atoms with Crippen LogP contribution in [0.1, 0.15) is 49.7 Å². The van der Waals surface area contributed by atoms with Gasteiger partial charge in [-0.1, -0.05) is 30.3 Å². The van der Waals surface area contributed by atoms with Crippen molar-refractivity contribution in [1.29, 1.82) is 0 Å². The van der Waals surface area contributed by atoms with Gasteiger partial charge in [-0.05, 0) is 73.9 Å². The highest BCUT2D eigenvalue weighted by Crippen LogP contribution is 2.53. The molecule has 0 amide bonds. The van der Waals surface area contributed by atoms with Crippen LogP contribution in [0.4, 0.5) is 0 Å². The molecule has 3 aliphatic heterocycles. The molecule has 0 aliphatic carbocycles. The van der Waals surface area contributed by atoms with Gasteiger partial charge in [0.25, 0.3) is 0 Å². The van der Waals surface area contributed by atoms with Gasteiger partial charge in [-0.3, -0.25) is 4.98 Å². The summed E-state index contributed by atoms with van der Waals surface area (Å²) in [7, 11) is 0. The first-order chi connectivity index (χ1) is 14.2. The van der Waals surface area contributed by atoms with E-state index in [1.54, 1.807) is 0 Å². The van der Waals surface area contributed by atoms with Gasteiger partial charge in [0.1, 0.15) is 11.5 Å². The highest BCUT2D eigenvalue weighted by atomic mass is 16.5. The maximum Gasteiger partial charge on any atom is 0.131 e. The second-order valence-electron chi connectivity index (χ2n) is 9.25. The monoisotopic (exact) mass is 382 g/mol. The fraction of sp³-hybridized carbons (Fsp3) is 0.346. The molecule has 3 nitrogen and oxygen atoms in total. The summed E-state index contributed by atoms with van der Waals surface area (Å²) in [6.45, 7) is 2.41. The minimum atomic E-state index is 0.290. The lowest BCUT2D eigenvalue weighted by Crippen LogP contribution is -2.48. The Kier molecular flexibility index (Phi) is 3.82. The van der Waals surface area contributed by atoms with Crippen LogP contribution in [0.3, 0.4) is 0 Å². The number of fused-ring (bicyclic) bond motifs is 4. The molecule has 0 saturated carbocycles. The zero-order chi connectivity index (χ0) is 19.4. The molecule has 1 N–H and O–H groups in total. The number of aromatic nitrogens is 1. The summed E-state index contributed by atoms with van der Waals surface area (Å²) in [6.07, 6.45) is 8.78. The number of piperidine rings is 1. The van der Waals surface area contributed by atoms with Crippen molar-refractivity contribution in [3.63, 3.8) is 0 Å². The van der Waals surface area contributed by atoms with Crippen LogP contribution in [0.5, 0.6) is 11.5 Å². The second-order valence-corrected chi connectivity index (χ2v) is 9.25. The zero-order valence-electron chi connectivity index (χ0n) is 16.8. The first-order valence-electron chi connectivity index (χ1n) is 10.8. The molecule has 146 valence electrons. The van der Waals surface area contributed by atoms with Gasteiger partial charge in [0.2, 0.25) is 0 Å². The Hall–Kier alpha value is -2.65. The van der Waals surface area contributed by atoms with Crippen LogP contribution in [0.25, 0.3) is 11.1 Å². The fourth-order valence-corrected chi connectivity index (χ4v) is 5.98. The number of hydrogen-bond acceptors (Lipinski definition) is 3. The van der Waals surface area contributed by atoms with Crippen LogP contribution < -0.4 is 10.1 Å². The molecule has 0 spiro atoms. The molecule has 3 heteroatoms. The summed E-state index contributed by atoms with van der Waals surface area (Å²) in [4.78, 5) is 4.15. The molecule has 0 radical (unpaired) electrons. The summed E-state index contributed by atoms with van der Waals surface area (Å²) >= 11 is 0. The van der Waals surface area contributed by atoms with E-state index in [2.05, 4.69) is 71.8 Å². The lowest BCUT2D eigenvalue weighted by molar-refractivity contribution is 0.205. The Morgan fingerprint density at radius 2 is 1.79 bits per heavy atom. The summed E-state index contributed by atoms with van der Waals surface area (Å²) in [5.41, 5.74) is 5.34. The van der Waals surface area contributed by atoms with E-state index < -0.39 is 0 Å². The topological polar surface area (TPSA) is 34.1 Å². The third-order valence-electron chi connectivity index (χ3n) is 7.20. The molecule has 29 heavy (non-hydrogen) atoms. The van der Waals surface area contributed by atoms with Crippen LogP contribution >= 0.6 is 0 Å². The van der Waals surface area contributed by atoms with Gasteiger partial charge >= 0.3 is 0 Å². The van der Waals surface area contributed by atoms with E-state index in [0.717, 1.165) is 11.5 Å². The van der Waals surface area contributed by atoms with Crippen molar-refractivity contribution >= 4 is 0 Å². The summed E-state index contributed by atoms with van der Waals surface area (Å²) in [6, 6.07) is 20.2. The summed E-state index contributed by atoms with van der Waals surface area (Å²) < 4.78 is 6.42. The molecule has 4 atom stereocenters. The van der Waals surface area contributed by atoms with Crippen LogP contribution in [-0.4, -0.2) is 16.6 Å². The standard InChI is InChI=1S/C26H26N2O/c1-26-11-8-20(28-26)14-19(16-26)25-21-4-2-3-5-23(21)29-24-15-18(6-7-22(24)25)17-9-12-27-13-10-17/h2-7,9-10,12-13,15,19-20,25,28H,8,11,14,16H2,1H3. The Bertz CT molecular complexity index is 1060. The summed E-state index contributed by atoms with van der Waals surface area (Å²) in [5, 5.41) is 3.88. The minimum Gasteiger partial charge on any atom is -0.457 e. The molecule has 2 aromatic carbocycles. The number of hydrogen-bond donors (Lipinski definition) is 1. The molecule has 4 unspecified atom stereocenters. The molecule has 2 fully saturated rings. The van der Waals surface area contributed by atoms with Crippen LogP contribution in [0, 0.1) is 5.92 Å². The zero-order valence-corrected chi connectivity index (χ0v) is 16.8. The lowest BCUT2D eigenvalue weighted by atomic mass is 9.70. The molecule has 4 heterocycles. The van der Waals surface area contributed by atoms with Crippen LogP contribution in [-0.2, 0) is 0 Å². The largest absolute Gasteiger partial charge is 0.457 e. The average Bonchev–Trinajstić information content (AvgIpc) is 3.04. The fourth-order valence-electron chi connectivity index (χ4n) is 5.98. The number of pyridine rings is 1. The molecular formula is C26H26N2O. The van der Waals surface area contributed by atoms with Crippen molar-refractivity contribution in [3.05, 3.63) is 78.1 Å². The molecular weight excluding hydrogens is 356 g/mol. The summed E-state index contributed by atoms with van der Waals surface area (Å²) in [5.74, 6) is 3.08. The Morgan fingerprint density at radius 3 is 2.66 bits per heavy atom. The maximum absolute atomic E-state index is 6.42. The van der Waals surface area contributed by atoms with E-state index in [-0.39, 0.29) is 5.54 Å². The minimum absolute atomic E-state index is 0.290. The van der Waals surface area contributed by atoms with Gasteiger partial charge in [0.05, 0.1) is 0 Å². The van der Waals surface area contributed by atoms with E-state index in [0.29, 0.717) is 17.9 Å². The number of benzene rings is 2. The molecule has 2 bridgehead atoms. The molecule has 6 rings (SSSR count). The first-order valence-corrected chi connectivity index (χ1v) is 10.8. The predicted octanol–water partition coefficient (Wildman–Crippen LogP) is 5.91. The van der Waals surface area contributed by atoms with Crippen molar-refractivity contribution in [2.24, 2.45) is 5.92 Å². The van der Waals surface area contributed by atoms with Crippen molar-refractivity contribution < 1.29 is 4.74 Å². The number of rotatable bonds is 2. The predicted molar refractivity (Wildman–Crippen MR) is 115 cm³/mol. The van der Waals surface area contributed by atoms with Crippen LogP contribution in [0.2, 0.25) is 0 Å². The average molecular weight is 383 g/mol. The highest BCUT2D eigenvalue weighted by Gasteiger charge is 2.46. The van der Waals surface area contributed by atoms with Gasteiger partial charge < -0.3 is 10.1 Å². The van der Waals surface area contributed by atoms with Gasteiger partial charge in [0, 0.05) is 41.0 Å². The quantitative estimate of drug-likeness (QED) is 0.598. The van der Waals surface area contributed by atoms with Gasteiger partial charge in [0.15, 0.2) is 0 Å². The lowest BCUT2D eigenvalue weighted by Gasteiger charge is -2.42. The van der Waals surface area contributed by atoms with Crippen molar-refractivity contribution in [2.45, 2.75) is 50.1 Å². The van der Waals surface area contributed by atoms with E-state index >= 15 is 0 Å². The Labute approximate surface area is 172 Å². The van der Waals surface area contributed by atoms with E-state index in [1.807, 2.05) is 12.4 Å². The number of ether oxygens (including phenoxy) is 1. The van der Waals surface area contributed by atoms with Gasteiger partial charge in [-0.25, -0.2) is 0 Å². The third-order valence-corrected chi connectivity index (χ3v) is 7.20. The van der Waals surface area contributed by atoms with E-state index in [1.165, 1.54) is 47.9 Å². The maximum atomic E-state index is 6.42. The third kappa shape index (κ3) is 2.87. The van der Waals surface area contributed by atoms with Gasteiger partial charge in [-0.15, -0.1) is 0 Å². The van der Waals surface area contributed by atoms with E-state index in [9.17, 15) is 0 Å². The number of nitrogens with zero attached hydrogens (tertiary/aromatic N) is 1. The smallest absolute Gasteiger partial charge is 0.131 e. The number of para-hydroxylation sites is 1. The normalized spacial score (nSPS) is 29.6. The van der Waals surface area contributed by atoms with Crippen molar-refractivity contribution in [2.75, 3.05) is 0 Å².